The van der Waals surface area contributed by atoms with E-state index < -0.39 is 0 Å². The van der Waals surface area contributed by atoms with Gasteiger partial charge in [0.2, 0.25) is 0 Å². The van der Waals surface area contributed by atoms with Crippen molar-refractivity contribution in [1.29, 1.82) is 0 Å². The van der Waals surface area contributed by atoms with Gasteiger partial charge in [-0.3, -0.25) is 4.90 Å². The number of hydrogen-bond donors (Lipinski definition) is 1. The van der Waals surface area contributed by atoms with Crippen molar-refractivity contribution in [2.75, 3.05) is 13.1 Å². The molecule has 2 unspecified atom stereocenters. The second-order valence-corrected chi connectivity index (χ2v) is 6.30. The lowest BCUT2D eigenvalue weighted by Crippen LogP contribution is -2.34. The highest BCUT2D eigenvalue weighted by Gasteiger charge is 2.25. The molecule has 0 aromatic carbocycles. The van der Waals surface area contributed by atoms with E-state index in [2.05, 4.69) is 29.4 Å². The van der Waals surface area contributed by atoms with E-state index >= 15 is 0 Å². The summed E-state index contributed by atoms with van der Waals surface area (Å²) in [5.74, 6) is 0. The van der Waals surface area contributed by atoms with E-state index in [1.54, 1.807) is 0 Å². The van der Waals surface area contributed by atoms with Crippen LogP contribution >= 0.6 is 0 Å². The molecule has 1 fully saturated rings. The highest BCUT2D eigenvalue weighted by Crippen LogP contribution is 2.32. The normalized spacial score (nSPS) is 25.5. The van der Waals surface area contributed by atoms with Crippen LogP contribution in [0.2, 0.25) is 0 Å². The number of aliphatic hydroxyl groups excluding tert-OH is 1. The summed E-state index contributed by atoms with van der Waals surface area (Å²) in [7, 11) is 0. The van der Waals surface area contributed by atoms with Crippen molar-refractivity contribution in [3.63, 3.8) is 0 Å². The Labute approximate surface area is 116 Å². The number of hydrogen-bond acceptors (Lipinski definition) is 2. The molecule has 2 heterocycles. The van der Waals surface area contributed by atoms with Gasteiger partial charge in [0, 0.05) is 29.5 Å². The first kappa shape index (κ1) is 13.2. The third kappa shape index (κ3) is 2.46. The Bertz CT molecular complexity index is 446. The lowest BCUT2D eigenvalue weighted by molar-refractivity contribution is 0.155. The van der Waals surface area contributed by atoms with Crippen molar-refractivity contribution < 1.29 is 5.11 Å². The van der Waals surface area contributed by atoms with Gasteiger partial charge in [-0.2, -0.15) is 0 Å². The van der Waals surface area contributed by atoms with Crippen molar-refractivity contribution in [3.8, 4) is 0 Å². The second kappa shape index (κ2) is 5.29. The van der Waals surface area contributed by atoms with Crippen molar-refractivity contribution in [2.45, 2.75) is 64.6 Å². The van der Waals surface area contributed by atoms with Crippen LogP contribution < -0.4 is 0 Å². The topological polar surface area (TPSA) is 28.4 Å². The van der Waals surface area contributed by atoms with Gasteiger partial charge in [-0.25, -0.2) is 0 Å². The molecule has 19 heavy (non-hydrogen) atoms. The van der Waals surface area contributed by atoms with Crippen LogP contribution in [0.25, 0.3) is 0 Å². The fraction of sp³-hybridized carbons (Fsp3) is 0.750. The van der Waals surface area contributed by atoms with Gasteiger partial charge < -0.3 is 9.67 Å². The smallest absolute Gasteiger partial charge is 0.0807 e. The average molecular weight is 262 g/mol. The SMILES string of the molecule is Cc1cc2c(n1CC(C)N1CCCC1)CCCC2O. The Morgan fingerprint density at radius 2 is 2.05 bits per heavy atom. The van der Waals surface area contributed by atoms with Gasteiger partial charge >= 0.3 is 0 Å². The maximum Gasteiger partial charge on any atom is 0.0807 e. The van der Waals surface area contributed by atoms with Crippen molar-refractivity contribution >= 4 is 0 Å². The molecule has 1 saturated heterocycles. The molecule has 1 N–H and O–H groups in total. The van der Waals surface area contributed by atoms with E-state index in [0.29, 0.717) is 6.04 Å². The van der Waals surface area contributed by atoms with Crippen LogP contribution in [-0.4, -0.2) is 33.7 Å². The molecule has 1 aliphatic heterocycles. The lowest BCUT2D eigenvalue weighted by atomic mass is 9.95. The summed E-state index contributed by atoms with van der Waals surface area (Å²) in [6.45, 7) is 8.12. The molecule has 0 saturated carbocycles. The molecule has 3 heteroatoms. The molecule has 2 atom stereocenters. The maximum atomic E-state index is 10.1. The fourth-order valence-electron chi connectivity index (χ4n) is 3.76. The summed E-state index contributed by atoms with van der Waals surface area (Å²) >= 11 is 0. The summed E-state index contributed by atoms with van der Waals surface area (Å²) in [5, 5.41) is 10.1. The molecule has 1 aromatic heterocycles. The predicted octanol–water partition coefficient (Wildman–Crippen LogP) is 2.65. The van der Waals surface area contributed by atoms with Crippen LogP contribution in [0.3, 0.4) is 0 Å². The van der Waals surface area contributed by atoms with Crippen LogP contribution in [-0.2, 0) is 13.0 Å². The predicted molar refractivity (Wildman–Crippen MR) is 77.3 cm³/mol. The van der Waals surface area contributed by atoms with Crippen molar-refractivity contribution in [3.05, 3.63) is 23.0 Å². The van der Waals surface area contributed by atoms with Gasteiger partial charge in [0.05, 0.1) is 6.10 Å². The first-order chi connectivity index (χ1) is 9.16. The average Bonchev–Trinajstić information content (AvgIpc) is 3.00. The zero-order chi connectivity index (χ0) is 13.4. The summed E-state index contributed by atoms with van der Waals surface area (Å²) in [6, 6.07) is 2.81. The van der Waals surface area contributed by atoms with E-state index in [-0.39, 0.29) is 6.10 Å². The van der Waals surface area contributed by atoms with Gasteiger partial charge in [0.1, 0.15) is 0 Å². The number of aromatic nitrogens is 1. The number of nitrogens with zero attached hydrogens (tertiary/aromatic N) is 2. The standard InChI is InChI=1S/C16H26N2O/c1-12-10-14-15(6-5-7-16(14)19)18(12)11-13(2)17-8-3-4-9-17/h10,13,16,19H,3-9,11H2,1-2H3. The monoisotopic (exact) mass is 262 g/mol. The minimum atomic E-state index is -0.231. The van der Waals surface area contributed by atoms with Gasteiger partial charge in [0.15, 0.2) is 0 Å². The Kier molecular flexibility index (Phi) is 3.68. The number of fused-ring (bicyclic) bond motifs is 1. The van der Waals surface area contributed by atoms with Gasteiger partial charge in [-0.05, 0) is 65.1 Å². The van der Waals surface area contributed by atoms with Gasteiger partial charge in [0.25, 0.3) is 0 Å². The van der Waals surface area contributed by atoms with Crippen LogP contribution in [0.15, 0.2) is 6.07 Å². The molecule has 0 spiro atoms. The van der Waals surface area contributed by atoms with Gasteiger partial charge in [-0.15, -0.1) is 0 Å². The molecule has 1 aliphatic carbocycles. The van der Waals surface area contributed by atoms with Crippen LogP contribution in [0.5, 0.6) is 0 Å². The fourth-order valence-corrected chi connectivity index (χ4v) is 3.76. The summed E-state index contributed by atoms with van der Waals surface area (Å²) in [4.78, 5) is 2.60. The third-order valence-corrected chi connectivity index (χ3v) is 4.91. The Morgan fingerprint density at radius 1 is 1.32 bits per heavy atom. The molecule has 0 radical (unpaired) electrons. The van der Waals surface area contributed by atoms with Crippen molar-refractivity contribution in [1.82, 2.24) is 9.47 Å². The van der Waals surface area contributed by atoms with E-state index in [9.17, 15) is 5.11 Å². The second-order valence-electron chi connectivity index (χ2n) is 6.30. The van der Waals surface area contributed by atoms with E-state index in [1.807, 2.05) is 0 Å². The molecule has 2 aliphatic rings. The van der Waals surface area contributed by atoms with E-state index in [1.165, 1.54) is 42.9 Å². The summed E-state index contributed by atoms with van der Waals surface area (Å²) < 4.78 is 2.46. The quantitative estimate of drug-likeness (QED) is 0.907. The Morgan fingerprint density at radius 3 is 2.79 bits per heavy atom. The van der Waals surface area contributed by atoms with Gasteiger partial charge in [-0.1, -0.05) is 0 Å². The first-order valence-corrected chi connectivity index (χ1v) is 7.78. The lowest BCUT2D eigenvalue weighted by Gasteiger charge is -2.27. The van der Waals surface area contributed by atoms with E-state index in [0.717, 1.165) is 25.8 Å². The molecule has 3 rings (SSSR count). The molecular weight excluding hydrogens is 236 g/mol. The summed E-state index contributed by atoms with van der Waals surface area (Å²) in [6.07, 6.45) is 5.66. The molecule has 106 valence electrons. The molecule has 3 nitrogen and oxygen atoms in total. The minimum Gasteiger partial charge on any atom is -0.388 e. The Hall–Kier alpha value is -0.800. The number of aliphatic hydroxyl groups is 1. The van der Waals surface area contributed by atoms with Crippen LogP contribution in [0.1, 0.15) is 55.7 Å². The highest BCUT2D eigenvalue weighted by atomic mass is 16.3. The molecule has 0 bridgehead atoms. The Balaban J connectivity index is 1.80. The number of likely N-dealkylation sites (tertiary alicyclic amines) is 1. The first-order valence-electron chi connectivity index (χ1n) is 7.78. The number of rotatable bonds is 3. The number of aryl methyl sites for hydroxylation is 1. The van der Waals surface area contributed by atoms with Crippen molar-refractivity contribution in [2.24, 2.45) is 0 Å². The van der Waals surface area contributed by atoms with Crippen LogP contribution in [0.4, 0.5) is 0 Å². The molecule has 0 amide bonds. The third-order valence-electron chi connectivity index (χ3n) is 4.91. The highest BCUT2D eigenvalue weighted by molar-refractivity contribution is 5.31. The minimum absolute atomic E-state index is 0.231. The largest absolute Gasteiger partial charge is 0.388 e. The zero-order valence-electron chi connectivity index (χ0n) is 12.2. The zero-order valence-corrected chi connectivity index (χ0v) is 12.2. The van der Waals surface area contributed by atoms with Crippen LogP contribution in [0, 0.1) is 6.92 Å². The summed E-state index contributed by atoms with van der Waals surface area (Å²) in [5.41, 5.74) is 3.90. The molecular formula is C16H26N2O. The molecule has 1 aromatic rings. The van der Waals surface area contributed by atoms with E-state index in [4.69, 9.17) is 0 Å². The maximum absolute atomic E-state index is 10.1.